The fraction of sp³-hybridized carbons (Fsp3) is 0.800. The summed E-state index contributed by atoms with van der Waals surface area (Å²) in [6.45, 7) is 4.06. The largest absolute Gasteiger partial charge is 0.479 e. The second-order valence-electron chi connectivity index (χ2n) is 3.42. The number of rotatable bonds is 8. The van der Waals surface area contributed by atoms with E-state index in [2.05, 4.69) is 0 Å². The van der Waals surface area contributed by atoms with Crippen LogP contribution < -0.4 is 0 Å². The third kappa shape index (κ3) is 2.92. The minimum atomic E-state index is -1.23. The van der Waals surface area contributed by atoms with Crippen molar-refractivity contribution in [3.63, 3.8) is 0 Å². The van der Waals surface area contributed by atoms with Crippen molar-refractivity contribution in [3.8, 4) is 0 Å². The summed E-state index contributed by atoms with van der Waals surface area (Å²) in [6.07, 6.45) is 1.63. The summed E-state index contributed by atoms with van der Waals surface area (Å²) in [5.41, 5.74) is -1.23. The third-order valence-corrected chi connectivity index (χ3v) is 2.51. The lowest BCUT2D eigenvalue weighted by molar-refractivity contribution is -0.159. The van der Waals surface area contributed by atoms with E-state index >= 15 is 0 Å². The van der Waals surface area contributed by atoms with E-state index in [4.69, 9.17) is 4.74 Å². The summed E-state index contributed by atoms with van der Waals surface area (Å²) in [5.74, 6) is -1.02. The Balaban J connectivity index is 5.00. The molecule has 0 aliphatic rings. The van der Waals surface area contributed by atoms with Crippen molar-refractivity contribution in [3.05, 3.63) is 0 Å². The van der Waals surface area contributed by atoms with E-state index in [0.29, 0.717) is 19.4 Å². The van der Waals surface area contributed by atoms with E-state index in [9.17, 15) is 14.7 Å². The van der Waals surface area contributed by atoms with Crippen LogP contribution in [0.15, 0.2) is 0 Å². The van der Waals surface area contributed by atoms with Gasteiger partial charge in [0, 0.05) is 13.7 Å². The van der Waals surface area contributed by atoms with E-state index in [1.807, 2.05) is 6.92 Å². The van der Waals surface area contributed by atoms with Crippen molar-refractivity contribution in [2.24, 2.45) is 0 Å². The van der Waals surface area contributed by atoms with Gasteiger partial charge in [-0.25, -0.2) is 4.79 Å². The van der Waals surface area contributed by atoms with Crippen LogP contribution in [0.2, 0.25) is 0 Å². The number of carboxylic acids is 1. The molecule has 5 nitrogen and oxygen atoms in total. The van der Waals surface area contributed by atoms with Crippen LogP contribution in [0.3, 0.4) is 0 Å². The maximum atomic E-state index is 11.2. The van der Waals surface area contributed by atoms with Gasteiger partial charge in [-0.1, -0.05) is 13.8 Å². The molecule has 1 atom stereocenters. The van der Waals surface area contributed by atoms with Gasteiger partial charge in [-0.2, -0.15) is 0 Å². The molecule has 0 saturated carbocycles. The molecule has 0 aromatic rings. The second-order valence-corrected chi connectivity index (χ2v) is 3.42. The highest BCUT2D eigenvalue weighted by Crippen LogP contribution is 2.20. The smallest absolute Gasteiger partial charge is 0.332 e. The minimum Gasteiger partial charge on any atom is -0.479 e. The Hall–Kier alpha value is -1.10. The van der Waals surface area contributed by atoms with Crippen LogP contribution in [0.4, 0.5) is 0 Å². The second kappa shape index (κ2) is 6.40. The SMILES string of the molecule is CCCN(C=O)C(CC)(COC)C(=O)O. The molecular weight excluding hydrogens is 198 g/mol. The maximum Gasteiger partial charge on any atom is 0.332 e. The fourth-order valence-corrected chi connectivity index (χ4v) is 1.57. The van der Waals surface area contributed by atoms with E-state index in [1.165, 1.54) is 12.0 Å². The zero-order valence-corrected chi connectivity index (χ0v) is 9.52. The van der Waals surface area contributed by atoms with Gasteiger partial charge >= 0.3 is 5.97 Å². The molecule has 0 saturated heterocycles. The summed E-state index contributed by atoms with van der Waals surface area (Å²) in [6, 6.07) is 0. The molecule has 1 N–H and O–H groups in total. The predicted molar refractivity (Wildman–Crippen MR) is 55.6 cm³/mol. The number of carboxylic acid groups (broad SMARTS) is 1. The molecule has 0 aromatic heterocycles. The lowest BCUT2D eigenvalue weighted by Crippen LogP contribution is -2.57. The number of hydrogen-bond acceptors (Lipinski definition) is 3. The number of methoxy groups -OCH3 is 1. The molecule has 0 spiro atoms. The molecule has 1 unspecified atom stereocenters. The van der Waals surface area contributed by atoms with Crippen molar-refractivity contribution in [1.29, 1.82) is 0 Å². The van der Waals surface area contributed by atoms with Crippen LogP contribution in [0.25, 0.3) is 0 Å². The van der Waals surface area contributed by atoms with E-state index < -0.39 is 11.5 Å². The normalized spacial score (nSPS) is 14.3. The lowest BCUT2D eigenvalue weighted by atomic mass is 9.95. The quantitative estimate of drug-likeness (QED) is 0.609. The third-order valence-electron chi connectivity index (χ3n) is 2.51. The van der Waals surface area contributed by atoms with Crippen molar-refractivity contribution in [1.82, 2.24) is 4.90 Å². The molecule has 0 fully saturated rings. The highest BCUT2D eigenvalue weighted by atomic mass is 16.5. The molecule has 0 bridgehead atoms. The summed E-state index contributed by atoms with van der Waals surface area (Å²) in [5, 5.41) is 9.20. The number of hydrogen-bond donors (Lipinski definition) is 1. The van der Waals surface area contributed by atoms with Crippen molar-refractivity contribution >= 4 is 12.4 Å². The number of carbonyl (C=O) groups is 2. The standard InChI is InChI=1S/C10H19NO4/c1-4-6-11(8-12)10(5-2,7-15-3)9(13)14/h8H,4-7H2,1-3H3,(H,13,14). The van der Waals surface area contributed by atoms with E-state index in [-0.39, 0.29) is 6.61 Å². The van der Waals surface area contributed by atoms with E-state index in [0.717, 1.165) is 6.42 Å². The summed E-state index contributed by atoms with van der Waals surface area (Å²) >= 11 is 0. The van der Waals surface area contributed by atoms with Crippen molar-refractivity contribution in [2.75, 3.05) is 20.3 Å². The van der Waals surface area contributed by atoms with Gasteiger partial charge in [0.25, 0.3) is 0 Å². The molecule has 0 rings (SSSR count). The van der Waals surface area contributed by atoms with Crippen LogP contribution in [0.5, 0.6) is 0 Å². The first kappa shape index (κ1) is 13.9. The van der Waals surface area contributed by atoms with Gasteiger partial charge in [-0.15, -0.1) is 0 Å². The van der Waals surface area contributed by atoms with E-state index in [1.54, 1.807) is 6.92 Å². The molecule has 0 aliphatic carbocycles. The maximum absolute atomic E-state index is 11.2. The number of carbonyl (C=O) groups excluding carboxylic acids is 1. The predicted octanol–water partition coefficient (Wildman–Crippen LogP) is 0.735. The number of aliphatic carboxylic acids is 1. The Morgan fingerprint density at radius 1 is 1.53 bits per heavy atom. The van der Waals surface area contributed by atoms with Gasteiger partial charge in [-0.3, -0.25) is 4.79 Å². The van der Waals surface area contributed by atoms with Gasteiger partial charge < -0.3 is 14.7 Å². The Labute approximate surface area is 90.0 Å². The van der Waals surface area contributed by atoms with Gasteiger partial charge in [0.05, 0.1) is 6.61 Å². The van der Waals surface area contributed by atoms with Crippen molar-refractivity contribution < 1.29 is 19.4 Å². The Morgan fingerprint density at radius 3 is 2.40 bits per heavy atom. The zero-order valence-electron chi connectivity index (χ0n) is 9.52. The molecule has 88 valence electrons. The monoisotopic (exact) mass is 217 g/mol. The first-order valence-electron chi connectivity index (χ1n) is 5.03. The molecular formula is C10H19NO4. The molecule has 15 heavy (non-hydrogen) atoms. The molecule has 0 aliphatic heterocycles. The Morgan fingerprint density at radius 2 is 2.13 bits per heavy atom. The Bertz CT molecular complexity index is 219. The molecule has 0 heterocycles. The lowest BCUT2D eigenvalue weighted by Gasteiger charge is -2.36. The van der Waals surface area contributed by atoms with Crippen molar-refractivity contribution in [2.45, 2.75) is 32.2 Å². The van der Waals surface area contributed by atoms with Gasteiger partial charge in [0.2, 0.25) is 6.41 Å². The molecule has 0 radical (unpaired) electrons. The fourth-order valence-electron chi connectivity index (χ4n) is 1.57. The van der Waals surface area contributed by atoms with Gasteiger partial charge in [-0.05, 0) is 12.8 Å². The number of amides is 1. The zero-order chi connectivity index (χ0) is 11.9. The number of nitrogens with zero attached hydrogens (tertiary/aromatic N) is 1. The first-order chi connectivity index (χ1) is 7.08. The summed E-state index contributed by atoms with van der Waals surface area (Å²) < 4.78 is 4.91. The summed E-state index contributed by atoms with van der Waals surface area (Å²) in [7, 11) is 1.43. The van der Waals surface area contributed by atoms with Crippen LogP contribution in [0.1, 0.15) is 26.7 Å². The minimum absolute atomic E-state index is 0.0115. The topological polar surface area (TPSA) is 66.8 Å². The Kier molecular flexibility index (Phi) is 5.93. The molecule has 5 heteroatoms. The molecule has 0 aromatic carbocycles. The van der Waals surface area contributed by atoms with Gasteiger partial charge in [0.1, 0.15) is 0 Å². The highest BCUT2D eigenvalue weighted by molar-refractivity contribution is 5.81. The van der Waals surface area contributed by atoms with Crippen LogP contribution >= 0.6 is 0 Å². The van der Waals surface area contributed by atoms with Crippen LogP contribution in [-0.4, -0.2) is 48.2 Å². The summed E-state index contributed by atoms with van der Waals surface area (Å²) in [4.78, 5) is 23.4. The first-order valence-corrected chi connectivity index (χ1v) is 5.03. The number of ether oxygens (including phenoxy) is 1. The molecule has 1 amide bonds. The van der Waals surface area contributed by atoms with Crippen LogP contribution in [-0.2, 0) is 14.3 Å². The van der Waals surface area contributed by atoms with Crippen LogP contribution in [0, 0.1) is 0 Å². The van der Waals surface area contributed by atoms with Gasteiger partial charge in [0.15, 0.2) is 5.54 Å². The average Bonchev–Trinajstić information content (AvgIpc) is 2.22. The average molecular weight is 217 g/mol. The highest BCUT2D eigenvalue weighted by Gasteiger charge is 2.42.